The third-order valence-corrected chi connectivity index (χ3v) is 5.82. The van der Waals surface area contributed by atoms with Crippen molar-refractivity contribution in [3.8, 4) is 12.1 Å². The average Bonchev–Trinajstić information content (AvgIpc) is 3.15. The minimum absolute atomic E-state index is 0.0531. The average molecular weight is 372 g/mol. The van der Waals surface area contributed by atoms with Gasteiger partial charge in [0, 0.05) is 18.3 Å². The van der Waals surface area contributed by atoms with Crippen molar-refractivity contribution >= 4 is 11.8 Å². The van der Waals surface area contributed by atoms with Crippen molar-refractivity contribution in [2.24, 2.45) is 5.41 Å². The Morgan fingerprint density at radius 2 is 1.86 bits per heavy atom. The van der Waals surface area contributed by atoms with Crippen LogP contribution in [0.3, 0.4) is 0 Å². The quantitative estimate of drug-likeness (QED) is 0.595. The molecule has 0 N–H and O–H groups in total. The molecule has 0 amide bonds. The number of allylic oxidation sites excluding steroid dienone is 5. The first-order valence-electron chi connectivity index (χ1n) is 10.2. The molecule has 0 saturated carbocycles. The zero-order valence-electron chi connectivity index (χ0n) is 17.2. The molecule has 1 aromatic rings. The normalized spacial score (nSPS) is 21.3. The molecule has 0 radical (unpaired) electrons. The Labute approximate surface area is 169 Å². The number of nitriles is 2. The lowest BCUT2D eigenvalue weighted by Crippen LogP contribution is -2.28. The molecular weight excluding hydrogens is 342 g/mol. The van der Waals surface area contributed by atoms with Crippen LogP contribution in [-0.2, 0) is 0 Å². The third kappa shape index (κ3) is 4.55. The maximum absolute atomic E-state index is 9.21. The molecule has 0 spiro atoms. The van der Waals surface area contributed by atoms with E-state index in [-0.39, 0.29) is 11.0 Å². The first-order valence-corrected chi connectivity index (χ1v) is 10.2. The molecule has 1 aliphatic heterocycles. The fourth-order valence-electron chi connectivity index (χ4n) is 4.47. The summed E-state index contributed by atoms with van der Waals surface area (Å²) in [5, 5.41) is 18.4. The Kier molecular flexibility index (Phi) is 6.05. The van der Waals surface area contributed by atoms with Crippen LogP contribution in [0, 0.1) is 28.1 Å². The predicted octanol–water partition coefficient (Wildman–Crippen LogP) is 6.17. The molecule has 0 aromatic heterocycles. The Balaban J connectivity index is 1.78. The largest absolute Gasteiger partial charge is 0.369 e. The van der Waals surface area contributed by atoms with Crippen molar-refractivity contribution in [3.05, 3.63) is 58.7 Å². The van der Waals surface area contributed by atoms with Gasteiger partial charge in [-0.05, 0) is 66.4 Å². The standard InChI is InChI=1S/C25H29N3/c1-4-23-6-5-13-28(23)24-11-9-19(10-12-24)7-8-20-14-21(22(17-26)18-27)16-25(2,3)15-20/h7-12,14,23H,4-6,13,15-16H2,1-3H3/b8-7+/t23-/m1/s1. The summed E-state index contributed by atoms with van der Waals surface area (Å²) in [6, 6.07) is 13.6. The highest BCUT2D eigenvalue weighted by Crippen LogP contribution is 2.39. The molecule has 0 bridgehead atoms. The summed E-state index contributed by atoms with van der Waals surface area (Å²) in [5.74, 6) is 0. The number of nitrogens with zero attached hydrogens (tertiary/aromatic N) is 3. The van der Waals surface area contributed by atoms with Gasteiger partial charge in [-0.25, -0.2) is 0 Å². The van der Waals surface area contributed by atoms with Gasteiger partial charge in [0.05, 0.1) is 0 Å². The Morgan fingerprint density at radius 3 is 2.50 bits per heavy atom. The highest BCUT2D eigenvalue weighted by Gasteiger charge is 2.26. The lowest BCUT2D eigenvalue weighted by atomic mass is 9.74. The molecular formula is C25H29N3. The maximum atomic E-state index is 9.21. The number of hydrogen-bond acceptors (Lipinski definition) is 3. The summed E-state index contributed by atoms with van der Waals surface area (Å²) in [4.78, 5) is 2.53. The number of rotatable bonds is 4. The van der Waals surface area contributed by atoms with Crippen LogP contribution in [0.5, 0.6) is 0 Å². The smallest absolute Gasteiger partial charge is 0.132 e. The molecule has 1 heterocycles. The second-order valence-electron chi connectivity index (χ2n) is 8.68. The minimum Gasteiger partial charge on any atom is -0.369 e. The predicted molar refractivity (Wildman–Crippen MR) is 115 cm³/mol. The minimum atomic E-state index is 0.0531. The summed E-state index contributed by atoms with van der Waals surface area (Å²) < 4.78 is 0. The molecule has 3 nitrogen and oxygen atoms in total. The molecule has 1 fully saturated rings. The van der Waals surface area contributed by atoms with Crippen molar-refractivity contribution in [2.45, 2.75) is 58.9 Å². The van der Waals surface area contributed by atoms with Crippen LogP contribution in [0.2, 0.25) is 0 Å². The van der Waals surface area contributed by atoms with Gasteiger partial charge in [0.15, 0.2) is 0 Å². The molecule has 3 rings (SSSR count). The first kappa shape index (κ1) is 20.0. The van der Waals surface area contributed by atoms with Crippen LogP contribution in [-0.4, -0.2) is 12.6 Å². The summed E-state index contributed by atoms with van der Waals surface area (Å²) in [7, 11) is 0. The highest BCUT2D eigenvalue weighted by atomic mass is 15.2. The monoisotopic (exact) mass is 371 g/mol. The second-order valence-corrected chi connectivity index (χ2v) is 8.68. The summed E-state index contributed by atoms with van der Waals surface area (Å²) in [6.45, 7) is 7.81. The van der Waals surface area contributed by atoms with E-state index in [0.29, 0.717) is 6.04 Å². The van der Waals surface area contributed by atoms with Crippen molar-refractivity contribution in [2.75, 3.05) is 11.4 Å². The van der Waals surface area contributed by atoms with Gasteiger partial charge in [-0.1, -0.05) is 51.1 Å². The van der Waals surface area contributed by atoms with Crippen LogP contribution in [0.15, 0.2) is 53.1 Å². The first-order chi connectivity index (χ1) is 13.5. The number of anilines is 1. The van der Waals surface area contributed by atoms with Gasteiger partial charge in [-0.2, -0.15) is 10.5 Å². The van der Waals surface area contributed by atoms with Gasteiger partial charge in [-0.3, -0.25) is 0 Å². The lowest BCUT2D eigenvalue weighted by Gasteiger charge is -2.30. The Morgan fingerprint density at radius 1 is 1.14 bits per heavy atom. The third-order valence-electron chi connectivity index (χ3n) is 5.82. The highest BCUT2D eigenvalue weighted by molar-refractivity contribution is 5.59. The lowest BCUT2D eigenvalue weighted by molar-refractivity contribution is 0.354. The van der Waals surface area contributed by atoms with Crippen molar-refractivity contribution in [1.29, 1.82) is 10.5 Å². The zero-order chi connectivity index (χ0) is 20.1. The molecule has 1 aliphatic carbocycles. The van der Waals surface area contributed by atoms with Gasteiger partial charge in [0.2, 0.25) is 0 Å². The Hall–Kier alpha value is -2.78. The molecule has 3 heteroatoms. The molecule has 28 heavy (non-hydrogen) atoms. The van der Waals surface area contributed by atoms with Gasteiger partial charge < -0.3 is 4.90 Å². The molecule has 1 atom stereocenters. The van der Waals surface area contributed by atoms with Gasteiger partial charge in [0.25, 0.3) is 0 Å². The van der Waals surface area contributed by atoms with Crippen LogP contribution < -0.4 is 4.90 Å². The molecule has 1 saturated heterocycles. The van der Waals surface area contributed by atoms with Crippen LogP contribution in [0.4, 0.5) is 5.69 Å². The van der Waals surface area contributed by atoms with Crippen molar-refractivity contribution in [3.63, 3.8) is 0 Å². The SMILES string of the molecule is CC[C@@H]1CCCN1c1ccc(/C=C/C2=CC(=C(C#N)C#N)CC(C)(C)C2)cc1. The summed E-state index contributed by atoms with van der Waals surface area (Å²) >= 11 is 0. The fourth-order valence-corrected chi connectivity index (χ4v) is 4.47. The van der Waals surface area contributed by atoms with Crippen LogP contribution in [0.1, 0.15) is 58.4 Å². The van der Waals surface area contributed by atoms with E-state index in [2.05, 4.69) is 62.1 Å². The molecule has 0 unspecified atom stereocenters. The van der Waals surface area contributed by atoms with E-state index >= 15 is 0 Å². The van der Waals surface area contributed by atoms with Crippen LogP contribution in [0.25, 0.3) is 6.08 Å². The summed E-state index contributed by atoms with van der Waals surface area (Å²) in [5.41, 5.74) is 4.81. The molecule has 2 aliphatic rings. The van der Waals surface area contributed by atoms with E-state index in [1.165, 1.54) is 36.1 Å². The summed E-state index contributed by atoms with van der Waals surface area (Å²) in [6.07, 6.45) is 11.8. The number of benzene rings is 1. The Bertz CT molecular complexity index is 869. The van der Waals surface area contributed by atoms with Gasteiger partial charge in [-0.15, -0.1) is 0 Å². The molecule has 1 aromatic carbocycles. The van der Waals surface area contributed by atoms with E-state index in [1.54, 1.807) is 0 Å². The molecule has 144 valence electrons. The van der Waals surface area contributed by atoms with Crippen molar-refractivity contribution < 1.29 is 0 Å². The maximum Gasteiger partial charge on any atom is 0.132 e. The topological polar surface area (TPSA) is 50.8 Å². The van der Waals surface area contributed by atoms with E-state index in [0.717, 1.165) is 25.0 Å². The number of hydrogen-bond donors (Lipinski definition) is 0. The van der Waals surface area contributed by atoms with Crippen LogP contribution >= 0.6 is 0 Å². The van der Waals surface area contributed by atoms with E-state index < -0.39 is 0 Å². The van der Waals surface area contributed by atoms with E-state index in [1.807, 2.05) is 18.2 Å². The van der Waals surface area contributed by atoms with E-state index in [4.69, 9.17) is 0 Å². The van der Waals surface area contributed by atoms with Gasteiger partial charge in [0.1, 0.15) is 17.7 Å². The fraction of sp³-hybridized carbons (Fsp3) is 0.440. The van der Waals surface area contributed by atoms with Crippen molar-refractivity contribution in [1.82, 2.24) is 0 Å². The van der Waals surface area contributed by atoms with E-state index in [9.17, 15) is 10.5 Å². The van der Waals surface area contributed by atoms with Gasteiger partial charge >= 0.3 is 0 Å². The zero-order valence-corrected chi connectivity index (χ0v) is 17.2. The second kappa shape index (κ2) is 8.49.